The van der Waals surface area contributed by atoms with Crippen molar-refractivity contribution in [3.8, 4) is 0 Å². The van der Waals surface area contributed by atoms with Crippen molar-refractivity contribution in [3.63, 3.8) is 0 Å². The zero-order valence-corrected chi connectivity index (χ0v) is 14.3. The fraction of sp³-hybridized carbons (Fsp3) is 1.00. The highest BCUT2D eigenvalue weighted by atomic mass is 16.5. The minimum absolute atomic E-state index is 0.0672. The topological polar surface area (TPSA) is 30.5 Å². The summed E-state index contributed by atoms with van der Waals surface area (Å²) in [5.74, 6) is 0.791. The molecule has 1 aliphatic heterocycles. The first-order valence-electron chi connectivity index (χ1n) is 9.13. The molecule has 124 valence electrons. The third-order valence-electron chi connectivity index (χ3n) is 5.45. The van der Waals surface area contributed by atoms with Gasteiger partial charge in [-0.25, -0.2) is 0 Å². The Balaban J connectivity index is 1.88. The van der Waals surface area contributed by atoms with Gasteiger partial charge in [0.15, 0.2) is 0 Å². The van der Waals surface area contributed by atoms with Gasteiger partial charge in [0.1, 0.15) is 0 Å². The lowest BCUT2D eigenvalue weighted by Crippen LogP contribution is -2.54. The molecular formula is C18H35NO2. The van der Waals surface area contributed by atoms with Gasteiger partial charge in [-0.1, -0.05) is 19.8 Å². The van der Waals surface area contributed by atoms with E-state index in [1.165, 1.54) is 57.8 Å². The maximum atomic E-state index is 6.32. The Kier molecular flexibility index (Phi) is 6.97. The largest absolute Gasteiger partial charge is 0.378 e. The summed E-state index contributed by atoms with van der Waals surface area (Å²) < 4.78 is 12.1. The molecular weight excluding hydrogens is 262 g/mol. The molecule has 4 atom stereocenters. The molecule has 3 heteroatoms. The molecule has 0 aromatic heterocycles. The van der Waals surface area contributed by atoms with E-state index in [2.05, 4.69) is 26.2 Å². The number of ether oxygens (including phenoxy) is 2. The second kappa shape index (κ2) is 8.50. The molecule has 0 radical (unpaired) electrons. The molecule has 1 heterocycles. The quantitative estimate of drug-likeness (QED) is 0.737. The predicted molar refractivity (Wildman–Crippen MR) is 87.7 cm³/mol. The zero-order chi connectivity index (χ0) is 15.1. The van der Waals surface area contributed by atoms with E-state index in [4.69, 9.17) is 9.47 Å². The lowest BCUT2D eigenvalue weighted by Gasteiger charge is -2.45. The number of hydrogen-bond donors (Lipinski definition) is 1. The third-order valence-corrected chi connectivity index (χ3v) is 5.45. The highest BCUT2D eigenvalue weighted by Crippen LogP contribution is 2.39. The zero-order valence-electron chi connectivity index (χ0n) is 14.3. The van der Waals surface area contributed by atoms with Crippen LogP contribution in [0.3, 0.4) is 0 Å². The summed E-state index contributed by atoms with van der Waals surface area (Å²) in [6, 6.07) is 0.488. The van der Waals surface area contributed by atoms with Gasteiger partial charge in [-0.2, -0.15) is 0 Å². The minimum Gasteiger partial charge on any atom is -0.378 e. The Bertz CT molecular complexity index is 287. The summed E-state index contributed by atoms with van der Waals surface area (Å²) in [5, 5.41) is 3.58. The summed E-state index contributed by atoms with van der Waals surface area (Å²) in [4.78, 5) is 0. The molecule has 3 nitrogen and oxygen atoms in total. The van der Waals surface area contributed by atoms with Crippen LogP contribution in [0.15, 0.2) is 0 Å². The average molecular weight is 297 g/mol. The van der Waals surface area contributed by atoms with E-state index < -0.39 is 0 Å². The maximum absolute atomic E-state index is 6.32. The second-order valence-electron chi connectivity index (χ2n) is 7.11. The Morgan fingerprint density at radius 2 is 2.19 bits per heavy atom. The molecule has 2 rings (SSSR count). The van der Waals surface area contributed by atoms with Crippen LogP contribution < -0.4 is 5.32 Å². The van der Waals surface area contributed by atoms with Gasteiger partial charge in [-0.3, -0.25) is 0 Å². The normalized spacial score (nSPS) is 35.0. The van der Waals surface area contributed by atoms with Crippen LogP contribution in [0.1, 0.15) is 71.6 Å². The highest BCUT2D eigenvalue weighted by molar-refractivity contribution is 4.96. The molecule has 0 aromatic carbocycles. The Labute approximate surface area is 131 Å². The molecule has 0 amide bonds. The van der Waals surface area contributed by atoms with E-state index >= 15 is 0 Å². The van der Waals surface area contributed by atoms with Crippen LogP contribution in [-0.2, 0) is 9.47 Å². The summed E-state index contributed by atoms with van der Waals surface area (Å²) in [6.45, 7) is 6.32. The monoisotopic (exact) mass is 297 g/mol. The molecule has 1 saturated heterocycles. The molecule has 0 bridgehead atoms. The van der Waals surface area contributed by atoms with Crippen LogP contribution in [-0.4, -0.2) is 38.0 Å². The van der Waals surface area contributed by atoms with Gasteiger partial charge >= 0.3 is 0 Å². The van der Waals surface area contributed by atoms with Crippen molar-refractivity contribution >= 4 is 0 Å². The highest BCUT2D eigenvalue weighted by Gasteiger charge is 2.41. The standard InChI is InChI=1S/C18H35NO2/c1-4-21-18(12-6-8-15(2)14-18)17(19-3)11-5-9-16-10-7-13-20-16/h15-17,19H,4-14H2,1-3H3. The van der Waals surface area contributed by atoms with Crippen LogP contribution in [0.4, 0.5) is 0 Å². The fourth-order valence-electron chi connectivity index (χ4n) is 4.47. The molecule has 1 saturated carbocycles. The Hall–Kier alpha value is -0.120. The van der Waals surface area contributed by atoms with E-state index in [0.717, 1.165) is 19.1 Å². The van der Waals surface area contributed by atoms with Crippen LogP contribution in [0.25, 0.3) is 0 Å². The van der Waals surface area contributed by atoms with Crippen LogP contribution >= 0.6 is 0 Å². The van der Waals surface area contributed by atoms with Crippen molar-refractivity contribution < 1.29 is 9.47 Å². The first-order valence-corrected chi connectivity index (χ1v) is 9.13. The van der Waals surface area contributed by atoms with Crippen LogP contribution in [0, 0.1) is 5.92 Å². The van der Waals surface area contributed by atoms with Gasteiger partial charge in [0, 0.05) is 19.3 Å². The summed E-state index contributed by atoms with van der Waals surface area (Å²) in [6.07, 6.45) is 11.8. The maximum Gasteiger partial charge on any atom is 0.0837 e. The lowest BCUT2D eigenvalue weighted by molar-refractivity contribution is -0.101. The van der Waals surface area contributed by atoms with Gasteiger partial charge in [-0.15, -0.1) is 0 Å². The number of nitrogens with one attached hydrogen (secondary N) is 1. The molecule has 1 N–H and O–H groups in total. The Morgan fingerprint density at radius 3 is 2.81 bits per heavy atom. The molecule has 2 aliphatic rings. The van der Waals surface area contributed by atoms with Gasteiger partial charge in [-0.05, 0) is 64.8 Å². The predicted octanol–water partition coefficient (Wildman–Crippen LogP) is 3.91. The van der Waals surface area contributed by atoms with Crippen molar-refractivity contribution in [1.29, 1.82) is 0 Å². The molecule has 4 unspecified atom stereocenters. The Morgan fingerprint density at radius 1 is 1.33 bits per heavy atom. The van der Waals surface area contributed by atoms with E-state index in [0.29, 0.717) is 12.1 Å². The van der Waals surface area contributed by atoms with E-state index in [-0.39, 0.29) is 5.60 Å². The second-order valence-corrected chi connectivity index (χ2v) is 7.11. The van der Waals surface area contributed by atoms with E-state index in [1.807, 2.05) is 0 Å². The molecule has 1 aliphatic carbocycles. The van der Waals surface area contributed by atoms with E-state index in [1.54, 1.807) is 0 Å². The summed E-state index contributed by atoms with van der Waals surface area (Å²) >= 11 is 0. The van der Waals surface area contributed by atoms with Crippen molar-refractivity contribution in [3.05, 3.63) is 0 Å². The number of hydrogen-bond acceptors (Lipinski definition) is 3. The van der Waals surface area contributed by atoms with Crippen molar-refractivity contribution in [2.75, 3.05) is 20.3 Å². The van der Waals surface area contributed by atoms with Crippen LogP contribution in [0.5, 0.6) is 0 Å². The molecule has 21 heavy (non-hydrogen) atoms. The summed E-state index contributed by atoms with van der Waals surface area (Å²) in [7, 11) is 2.11. The fourth-order valence-corrected chi connectivity index (χ4v) is 4.47. The average Bonchev–Trinajstić information content (AvgIpc) is 2.97. The molecule has 0 aromatic rings. The first-order chi connectivity index (χ1) is 10.2. The number of rotatable bonds is 8. The van der Waals surface area contributed by atoms with E-state index in [9.17, 15) is 0 Å². The van der Waals surface area contributed by atoms with Gasteiger partial charge in [0.2, 0.25) is 0 Å². The summed E-state index contributed by atoms with van der Waals surface area (Å²) in [5.41, 5.74) is 0.0672. The lowest BCUT2D eigenvalue weighted by atomic mass is 9.73. The smallest absolute Gasteiger partial charge is 0.0837 e. The van der Waals surface area contributed by atoms with Gasteiger partial charge < -0.3 is 14.8 Å². The van der Waals surface area contributed by atoms with Gasteiger partial charge in [0.05, 0.1) is 11.7 Å². The third kappa shape index (κ3) is 4.67. The SMILES string of the molecule is CCOC1(C(CCCC2CCCO2)NC)CCCC(C)C1. The van der Waals surface area contributed by atoms with Crippen molar-refractivity contribution in [1.82, 2.24) is 5.32 Å². The van der Waals surface area contributed by atoms with Crippen LogP contribution in [0.2, 0.25) is 0 Å². The number of likely N-dealkylation sites (N-methyl/N-ethyl adjacent to an activating group) is 1. The molecule has 0 spiro atoms. The minimum atomic E-state index is 0.0672. The van der Waals surface area contributed by atoms with Crippen molar-refractivity contribution in [2.45, 2.75) is 89.4 Å². The molecule has 2 fully saturated rings. The van der Waals surface area contributed by atoms with Crippen molar-refractivity contribution in [2.24, 2.45) is 5.92 Å². The van der Waals surface area contributed by atoms with Gasteiger partial charge in [0.25, 0.3) is 0 Å². The first kappa shape index (κ1) is 17.2.